The SMILES string of the molecule is CCCCCCc1ccc(CCCC)s1. The molecule has 0 amide bonds. The summed E-state index contributed by atoms with van der Waals surface area (Å²) in [5.74, 6) is 0. The Hall–Kier alpha value is -0.300. The van der Waals surface area contributed by atoms with Crippen LogP contribution in [0.25, 0.3) is 0 Å². The molecule has 0 fully saturated rings. The fraction of sp³-hybridized carbons (Fsp3) is 0.714. The predicted octanol–water partition coefficient (Wildman–Crippen LogP) is 5.21. The maximum absolute atomic E-state index is 2.33. The Kier molecular flexibility index (Phi) is 6.74. The molecule has 0 spiro atoms. The van der Waals surface area contributed by atoms with Crippen molar-refractivity contribution in [3.05, 3.63) is 21.9 Å². The number of hydrogen-bond donors (Lipinski definition) is 0. The molecule has 0 bridgehead atoms. The first-order valence-corrected chi connectivity index (χ1v) is 7.26. The molecular weight excluding hydrogens is 200 g/mol. The second kappa shape index (κ2) is 7.92. The Morgan fingerprint density at radius 1 is 0.800 bits per heavy atom. The molecular formula is C14H24S. The van der Waals surface area contributed by atoms with Gasteiger partial charge in [0.2, 0.25) is 0 Å². The normalized spacial score (nSPS) is 10.8. The van der Waals surface area contributed by atoms with E-state index in [0.717, 1.165) is 0 Å². The molecule has 0 aliphatic rings. The maximum atomic E-state index is 2.33. The Morgan fingerprint density at radius 2 is 1.40 bits per heavy atom. The van der Waals surface area contributed by atoms with Gasteiger partial charge in [0.25, 0.3) is 0 Å². The van der Waals surface area contributed by atoms with Gasteiger partial charge in [0.1, 0.15) is 0 Å². The van der Waals surface area contributed by atoms with Crippen molar-refractivity contribution < 1.29 is 0 Å². The van der Waals surface area contributed by atoms with Gasteiger partial charge < -0.3 is 0 Å². The number of thiophene rings is 1. The van der Waals surface area contributed by atoms with Gasteiger partial charge in [-0.05, 0) is 37.8 Å². The van der Waals surface area contributed by atoms with Crippen molar-refractivity contribution >= 4 is 11.3 Å². The molecule has 0 radical (unpaired) electrons. The first-order chi connectivity index (χ1) is 7.36. The molecule has 0 N–H and O–H groups in total. The number of rotatable bonds is 8. The largest absolute Gasteiger partial charge is 0.145 e. The van der Waals surface area contributed by atoms with Crippen LogP contribution in [0.1, 0.15) is 62.1 Å². The summed E-state index contributed by atoms with van der Waals surface area (Å²) in [6.45, 7) is 4.53. The zero-order valence-corrected chi connectivity index (χ0v) is 11.0. The van der Waals surface area contributed by atoms with E-state index in [1.807, 2.05) is 11.3 Å². The average molecular weight is 224 g/mol. The Labute approximate surface area is 98.7 Å². The molecule has 1 heteroatoms. The van der Waals surface area contributed by atoms with Crippen LogP contribution >= 0.6 is 11.3 Å². The number of aryl methyl sites for hydroxylation is 2. The zero-order chi connectivity index (χ0) is 10.9. The highest BCUT2D eigenvalue weighted by Gasteiger charge is 1.99. The van der Waals surface area contributed by atoms with Crippen LogP contribution in [0.4, 0.5) is 0 Å². The smallest absolute Gasteiger partial charge is 0.00481 e. The van der Waals surface area contributed by atoms with Gasteiger partial charge in [-0.3, -0.25) is 0 Å². The summed E-state index contributed by atoms with van der Waals surface area (Å²) in [6, 6.07) is 4.66. The average Bonchev–Trinajstić information content (AvgIpc) is 2.69. The first kappa shape index (κ1) is 12.8. The van der Waals surface area contributed by atoms with Gasteiger partial charge in [-0.1, -0.05) is 39.5 Å². The lowest BCUT2D eigenvalue weighted by Gasteiger charge is -1.97. The summed E-state index contributed by atoms with van der Waals surface area (Å²) < 4.78 is 0. The molecule has 1 aromatic heterocycles. The first-order valence-electron chi connectivity index (χ1n) is 6.44. The van der Waals surface area contributed by atoms with Crippen LogP contribution in [0.15, 0.2) is 12.1 Å². The Balaban J connectivity index is 2.20. The summed E-state index contributed by atoms with van der Waals surface area (Å²) in [4.78, 5) is 3.18. The van der Waals surface area contributed by atoms with Crippen molar-refractivity contribution in [3.63, 3.8) is 0 Å². The summed E-state index contributed by atoms with van der Waals surface area (Å²) >= 11 is 2.03. The lowest BCUT2D eigenvalue weighted by atomic mass is 10.1. The van der Waals surface area contributed by atoms with E-state index in [9.17, 15) is 0 Å². The van der Waals surface area contributed by atoms with Crippen LogP contribution in [-0.2, 0) is 12.8 Å². The summed E-state index contributed by atoms with van der Waals surface area (Å²) in [6.07, 6.45) is 10.8. The molecule has 0 saturated carbocycles. The van der Waals surface area contributed by atoms with Gasteiger partial charge in [-0.25, -0.2) is 0 Å². The van der Waals surface area contributed by atoms with E-state index in [4.69, 9.17) is 0 Å². The van der Waals surface area contributed by atoms with E-state index in [2.05, 4.69) is 26.0 Å². The van der Waals surface area contributed by atoms with Crippen molar-refractivity contribution in [2.24, 2.45) is 0 Å². The second-order valence-corrected chi connectivity index (χ2v) is 5.54. The molecule has 15 heavy (non-hydrogen) atoms. The van der Waals surface area contributed by atoms with Gasteiger partial charge in [0, 0.05) is 9.75 Å². The molecule has 1 heterocycles. The van der Waals surface area contributed by atoms with E-state index < -0.39 is 0 Å². The van der Waals surface area contributed by atoms with E-state index >= 15 is 0 Å². The lowest BCUT2D eigenvalue weighted by molar-refractivity contribution is 0.670. The summed E-state index contributed by atoms with van der Waals surface area (Å²) in [5.41, 5.74) is 0. The fourth-order valence-electron chi connectivity index (χ4n) is 1.77. The topological polar surface area (TPSA) is 0 Å². The van der Waals surface area contributed by atoms with Crippen LogP contribution in [0.5, 0.6) is 0 Å². The molecule has 0 aliphatic heterocycles. The minimum atomic E-state index is 1.29. The molecule has 0 aromatic carbocycles. The number of unbranched alkanes of at least 4 members (excludes halogenated alkanes) is 4. The molecule has 0 aliphatic carbocycles. The molecule has 1 aromatic rings. The molecule has 0 atom stereocenters. The van der Waals surface area contributed by atoms with Crippen molar-refractivity contribution in [1.82, 2.24) is 0 Å². The molecule has 0 unspecified atom stereocenters. The highest BCUT2D eigenvalue weighted by atomic mass is 32.1. The van der Waals surface area contributed by atoms with Gasteiger partial charge >= 0.3 is 0 Å². The van der Waals surface area contributed by atoms with Gasteiger partial charge in [-0.2, -0.15) is 0 Å². The van der Waals surface area contributed by atoms with E-state index in [-0.39, 0.29) is 0 Å². The Bertz CT molecular complexity index is 250. The fourth-order valence-corrected chi connectivity index (χ4v) is 2.87. The van der Waals surface area contributed by atoms with Crippen LogP contribution in [0, 0.1) is 0 Å². The minimum Gasteiger partial charge on any atom is -0.145 e. The highest BCUT2D eigenvalue weighted by molar-refractivity contribution is 7.11. The zero-order valence-electron chi connectivity index (χ0n) is 10.2. The van der Waals surface area contributed by atoms with E-state index in [1.165, 1.54) is 51.4 Å². The monoisotopic (exact) mass is 224 g/mol. The van der Waals surface area contributed by atoms with Crippen LogP contribution < -0.4 is 0 Å². The molecule has 86 valence electrons. The van der Waals surface area contributed by atoms with Crippen LogP contribution in [0.2, 0.25) is 0 Å². The van der Waals surface area contributed by atoms with E-state index in [0.29, 0.717) is 0 Å². The molecule has 0 saturated heterocycles. The van der Waals surface area contributed by atoms with Gasteiger partial charge in [-0.15, -0.1) is 11.3 Å². The summed E-state index contributed by atoms with van der Waals surface area (Å²) in [7, 11) is 0. The van der Waals surface area contributed by atoms with Crippen molar-refractivity contribution in [1.29, 1.82) is 0 Å². The predicted molar refractivity (Wildman–Crippen MR) is 70.8 cm³/mol. The van der Waals surface area contributed by atoms with Crippen molar-refractivity contribution in [2.75, 3.05) is 0 Å². The van der Waals surface area contributed by atoms with Crippen molar-refractivity contribution in [2.45, 2.75) is 65.2 Å². The second-order valence-electron chi connectivity index (χ2n) is 4.28. The van der Waals surface area contributed by atoms with Crippen molar-refractivity contribution in [3.8, 4) is 0 Å². The highest BCUT2D eigenvalue weighted by Crippen LogP contribution is 2.20. The lowest BCUT2D eigenvalue weighted by Crippen LogP contribution is -1.80. The van der Waals surface area contributed by atoms with Crippen LogP contribution in [-0.4, -0.2) is 0 Å². The number of hydrogen-bond acceptors (Lipinski definition) is 1. The summed E-state index contributed by atoms with van der Waals surface area (Å²) in [5, 5.41) is 0. The van der Waals surface area contributed by atoms with Crippen LogP contribution in [0.3, 0.4) is 0 Å². The molecule has 1 rings (SSSR count). The molecule has 0 nitrogen and oxygen atoms in total. The quantitative estimate of drug-likeness (QED) is 0.531. The maximum Gasteiger partial charge on any atom is 0.00481 e. The third kappa shape index (κ3) is 5.36. The van der Waals surface area contributed by atoms with Gasteiger partial charge in [0.15, 0.2) is 0 Å². The standard InChI is InChI=1S/C14H24S/c1-3-5-7-8-10-14-12-11-13(15-14)9-6-4-2/h11-12H,3-10H2,1-2H3. The Morgan fingerprint density at radius 3 is 2.00 bits per heavy atom. The third-order valence-corrected chi connectivity index (χ3v) is 3.98. The van der Waals surface area contributed by atoms with Gasteiger partial charge in [0.05, 0.1) is 0 Å². The third-order valence-electron chi connectivity index (χ3n) is 2.77. The minimum absolute atomic E-state index is 1.29. The van der Waals surface area contributed by atoms with E-state index in [1.54, 1.807) is 9.75 Å².